The number of fused-ring (bicyclic) bond motifs is 2. The Kier molecular flexibility index (Phi) is 7.10. The summed E-state index contributed by atoms with van der Waals surface area (Å²) in [4.78, 5) is 29.3. The summed E-state index contributed by atoms with van der Waals surface area (Å²) in [5, 5.41) is 3.01. The summed E-state index contributed by atoms with van der Waals surface area (Å²) in [6.45, 7) is 0.895. The normalized spacial score (nSPS) is 17.7. The second-order valence-electron chi connectivity index (χ2n) is 9.10. The third-order valence-electron chi connectivity index (χ3n) is 7.02. The van der Waals surface area contributed by atoms with Gasteiger partial charge in [0.25, 0.3) is 5.91 Å². The molecule has 3 aromatic carbocycles. The minimum atomic E-state index is -0.811. The predicted molar refractivity (Wildman–Crippen MR) is 143 cm³/mol. The zero-order valence-electron chi connectivity index (χ0n) is 22.4. The SMILES string of the molecule is COc1ccc([C@H]2[C@@H](C(=O)Nc3ccc4c(c3)OCCO4)c3cc(OC)c(OC)cc3C(=O)N2C)cc1OC. The number of hydrogen-bond acceptors (Lipinski definition) is 8. The van der Waals surface area contributed by atoms with Crippen molar-refractivity contribution in [3.8, 4) is 34.5 Å². The van der Waals surface area contributed by atoms with Crippen LogP contribution in [0, 0.1) is 0 Å². The van der Waals surface area contributed by atoms with Crippen molar-refractivity contribution in [2.24, 2.45) is 0 Å². The van der Waals surface area contributed by atoms with Crippen LogP contribution < -0.4 is 33.7 Å². The molecule has 10 heteroatoms. The van der Waals surface area contributed by atoms with E-state index in [0.29, 0.717) is 70.1 Å². The van der Waals surface area contributed by atoms with E-state index in [-0.39, 0.29) is 11.8 Å². The van der Waals surface area contributed by atoms with E-state index in [1.54, 1.807) is 61.5 Å². The molecule has 0 fully saturated rings. The third kappa shape index (κ3) is 4.62. The summed E-state index contributed by atoms with van der Waals surface area (Å²) < 4.78 is 33.2. The summed E-state index contributed by atoms with van der Waals surface area (Å²) in [5.41, 5.74) is 2.11. The number of nitrogens with zero attached hydrogens (tertiary/aromatic N) is 1. The van der Waals surface area contributed by atoms with Crippen LogP contribution in [-0.4, -0.2) is 65.4 Å². The number of methoxy groups -OCH3 is 4. The molecule has 0 unspecified atom stereocenters. The van der Waals surface area contributed by atoms with Crippen molar-refractivity contribution in [1.82, 2.24) is 4.90 Å². The van der Waals surface area contributed by atoms with E-state index < -0.39 is 12.0 Å². The Hall–Kier alpha value is -4.60. The van der Waals surface area contributed by atoms with E-state index in [2.05, 4.69) is 5.32 Å². The van der Waals surface area contributed by atoms with Gasteiger partial charge < -0.3 is 38.6 Å². The Morgan fingerprint density at radius 3 is 2.15 bits per heavy atom. The number of nitrogens with one attached hydrogen (secondary N) is 1. The van der Waals surface area contributed by atoms with Gasteiger partial charge in [-0.2, -0.15) is 0 Å². The zero-order chi connectivity index (χ0) is 27.7. The minimum Gasteiger partial charge on any atom is -0.493 e. The van der Waals surface area contributed by atoms with Crippen molar-refractivity contribution in [1.29, 1.82) is 0 Å². The highest BCUT2D eigenvalue weighted by molar-refractivity contribution is 6.05. The van der Waals surface area contributed by atoms with Crippen LogP contribution in [0.2, 0.25) is 0 Å². The molecular formula is C29H30N2O8. The molecule has 39 heavy (non-hydrogen) atoms. The van der Waals surface area contributed by atoms with Crippen LogP contribution in [0.5, 0.6) is 34.5 Å². The first-order chi connectivity index (χ1) is 18.9. The van der Waals surface area contributed by atoms with Crippen LogP contribution in [-0.2, 0) is 4.79 Å². The topological polar surface area (TPSA) is 105 Å². The van der Waals surface area contributed by atoms with E-state index in [1.165, 1.54) is 21.3 Å². The summed E-state index contributed by atoms with van der Waals surface area (Å²) in [6, 6.07) is 13.2. The monoisotopic (exact) mass is 534 g/mol. The van der Waals surface area contributed by atoms with Crippen LogP contribution in [0.25, 0.3) is 0 Å². The number of ether oxygens (including phenoxy) is 6. The molecule has 10 nitrogen and oxygen atoms in total. The first-order valence-electron chi connectivity index (χ1n) is 12.4. The lowest BCUT2D eigenvalue weighted by molar-refractivity contribution is -0.119. The standard InChI is InChI=1S/C29H30N2O8/c1-31-27(16-6-8-20(34-2)22(12-16)35-3)26(18-14-23(36-4)24(37-5)15-19(18)29(31)33)28(32)30-17-7-9-21-25(13-17)39-11-10-38-21/h6-9,12-15,26-27H,10-11H2,1-5H3,(H,30,32)/t26-,27-/m0/s1. The molecule has 2 aliphatic heterocycles. The fraction of sp³-hybridized carbons (Fsp3) is 0.310. The quantitative estimate of drug-likeness (QED) is 0.484. The number of amides is 2. The van der Waals surface area contributed by atoms with Crippen molar-refractivity contribution in [2.75, 3.05) is 54.0 Å². The number of rotatable bonds is 7. The van der Waals surface area contributed by atoms with Crippen LogP contribution in [0.15, 0.2) is 48.5 Å². The van der Waals surface area contributed by atoms with Gasteiger partial charge in [0.1, 0.15) is 13.2 Å². The lowest BCUT2D eigenvalue weighted by Gasteiger charge is -2.40. The van der Waals surface area contributed by atoms with Crippen molar-refractivity contribution < 1.29 is 38.0 Å². The molecule has 3 aromatic rings. The minimum absolute atomic E-state index is 0.255. The van der Waals surface area contributed by atoms with Gasteiger partial charge in [-0.05, 0) is 47.5 Å². The van der Waals surface area contributed by atoms with Gasteiger partial charge >= 0.3 is 0 Å². The lowest BCUT2D eigenvalue weighted by Crippen LogP contribution is -2.44. The second kappa shape index (κ2) is 10.6. The Morgan fingerprint density at radius 1 is 0.821 bits per heavy atom. The number of carbonyl (C=O) groups is 2. The molecule has 0 spiro atoms. The van der Waals surface area contributed by atoms with Gasteiger partial charge in [-0.3, -0.25) is 9.59 Å². The molecule has 1 N–H and O–H groups in total. The smallest absolute Gasteiger partial charge is 0.254 e. The second-order valence-corrected chi connectivity index (χ2v) is 9.10. The van der Waals surface area contributed by atoms with Gasteiger partial charge in [0.2, 0.25) is 5.91 Å². The highest BCUT2D eigenvalue weighted by Crippen LogP contribution is 2.47. The Labute approximate surface area is 226 Å². The van der Waals surface area contributed by atoms with Crippen molar-refractivity contribution >= 4 is 17.5 Å². The van der Waals surface area contributed by atoms with Gasteiger partial charge in [0.05, 0.1) is 40.4 Å². The van der Waals surface area contributed by atoms with Gasteiger partial charge in [-0.1, -0.05) is 6.07 Å². The fourth-order valence-electron chi connectivity index (χ4n) is 5.13. The molecule has 0 saturated heterocycles. The van der Waals surface area contributed by atoms with Gasteiger partial charge in [0, 0.05) is 24.4 Å². The number of hydrogen-bond donors (Lipinski definition) is 1. The van der Waals surface area contributed by atoms with E-state index in [1.807, 2.05) is 6.07 Å². The molecule has 0 bridgehead atoms. The molecule has 2 aliphatic rings. The van der Waals surface area contributed by atoms with E-state index >= 15 is 0 Å². The average Bonchev–Trinajstić information content (AvgIpc) is 2.97. The maximum atomic E-state index is 14.1. The molecule has 0 radical (unpaired) electrons. The predicted octanol–water partition coefficient (Wildman–Crippen LogP) is 4.04. The first-order valence-corrected chi connectivity index (χ1v) is 12.4. The first kappa shape index (κ1) is 26.0. The highest BCUT2D eigenvalue weighted by Gasteiger charge is 2.44. The summed E-state index contributed by atoms with van der Waals surface area (Å²) in [5.74, 6) is 1.62. The van der Waals surface area contributed by atoms with E-state index in [0.717, 1.165) is 0 Å². The third-order valence-corrected chi connectivity index (χ3v) is 7.02. The molecule has 0 aromatic heterocycles. The zero-order valence-corrected chi connectivity index (χ0v) is 22.4. The van der Waals surface area contributed by atoms with Gasteiger partial charge in [-0.25, -0.2) is 0 Å². The molecule has 5 rings (SSSR count). The van der Waals surface area contributed by atoms with Crippen molar-refractivity contribution in [3.05, 3.63) is 65.2 Å². The largest absolute Gasteiger partial charge is 0.493 e. The summed E-state index contributed by atoms with van der Waals surface area (Å²) in [6.07, 6.45) is 0. The number of carbonyl (C=O) groups excluding carboxylic acids is 2. The van der Waals surface area contributed by atoms with E-state index in [4.69, 9.17) is 28.4 Å². The molecule has 2 heterocycles. The van der Waals surface area contributed by atoms with Crippen LogP contribution >= 0.6 is 0 Å². The van der Waals surface area contributed by atoms with E-state index in [9.17, 15) is 9.59 Å². The molecule has 2 atom stereocenters. The molecule has 0 aliphatic carbocycles. The number of benzene rings is 3. The van der Waals surface area contributed by atoms with Crippen molar-refractivity contribution in [2.45, 2.75) is 12.0 Å². The van der Waals surface area contributed by atoms with Crippen LogP contribution in [0.1, 0.15) is 33.4 Å². The van der Waals surface area contributed by atoms with Crippen molar-refractivity contribution in [3.63, 3.8) is 0 Å². The Morgan fingerprint density at radius 2 is 1.46 bits per heavy atom. The van der Waals surface area contributed by atoms with Crippen LogP contribution in [0.4, 0.5) is 5.69 Å². The molecule has 204 valence electrons. The number of likely N-dealkylation sites (N-methyl/N-ethyl adjacent to an activating group) is 1. The van der Waals surface area contributed by atoms with Gasteiger partial charge in [-0.15, -0.1) is 0 Å². The van der Waals surface area contributed by atoms with Gasteiger partial charge in [0.15, 0.2) is 34.5 Å². The Balaban J connectivity index is 1.63. The summed E-state index contributed by atoms with van der Waals surface area (Å²) in [7, 11) is 7.77. The average molecular weight is 535 g/mol. The molecule has 0 saturated carbocycles. The summed E-state index contributed by atoms with van der Waals surface area (Å²) >= 11 is 0. The van der Waals surface area contributed by atoms with Crippen LogP contribution in [0.3, 0.4) is 0 Å². The highest BCUT2D eigenvalue weighted by atomic mass is 16.6. The maximum absolute atomic E-state index is 14.1. The number of anilines is 1. The lowest BCUT2D eigenvalue weighted by atomic mass is 9.79. The Bertz CT molecular complexity index is 1420. The maximum Gasteiger partial charge on any atom is 0.254 e. The fourth-order valence-corrected chi connectivity index (χ4v) is 5.13. The molecule has 2 amide bonds. The molecular weight excluding hydrogens is 504 g/mol.